The Morgan fingerprint density at radius 1 is 1.42 bits per heavy atom. The van der Waals surface area contributed by atoms with Crippen LogP contribution in [0.15, 0.2) is 6.33 Å². The van der Waals surface area contributed by atoms with Crippen LogP contribution in [0.2, 0.25) is 0 Å². The molecule has 0 radical (unpaired) electrons. The first-order valence-corrected chi connectivity index (χ1v) is 5.97. The molecule has 1 aromatic rings. The molecule has 2 amide bonds. The number of carbonyl (C=O) groups is 2. The Balaban J connectivity index is 2.12. The van der Waals surface area contributed by atoms with Crippen LogP contribution in [0, 0.1) is 0 Å². The van der Waals surface area contributed by atoms with Crippen molar-refractivity contribution >= 4 is 12.0 Å². The molecule has 0 saturated heterocycles. The Bertz CT molecular complexity index is 510. The van der Waals surface area contributed by atoms with Crippen molar-refractivity contribution in [1.29, 1.82) is 0 Å². The molecule has 1 aromatic heterocycles. The smallest absolute Gasteiger partial charge is 0.329 e. The second-order valence-corrected chi connectivity index (χ2v) is 5.07. The van der Waals surface area contributed by atoms with Crippen molar-refractivity contribution in [2.24, 2.45) is 0 Å². The maximum Gasteiger partial charge on any atom is 0.329 e. The second-order valence-electron chi connectivity index (χ2n) is 5.07. The molecular weight excluding hydrogens is 250 g/mol. The monoisotopic (exact) mass is 267 g/mol. The van der Waals surface area contributed by atoms with Crippen LogP contribution in [0.1, 0.15) is 19.7 Å². The first-order valence-electron chi connectivity index (χ1n) is 5.97. The topological polar surface area (TPSA) is 91.6 Å². The quantitative estimate of drug-likeness (QED) is 0.815. The first kappa shape index (κ1) is 13.3. The fourth-order valence-corrected chi connectivity index (χ4v) is 1.82. The molecule has 1 N–H and O–H groups in total. The molecule has 2 heterocycles. The standard InChI is InChI=1S/C11H17N5O3/c1-11(2,9(17)18)14(3)10(19)15-4-5-16-7-12-13-8(16)6-15/h7H,4-6H2,1-3H3,(H,17,18). The highest BCUT2D eigenvalue weighted by atomic mass is 16.4. The Morgan fingerprint density at radius 2 is 2.11 bits per heavy atom. The van der Waals surface area contributed by atoms with Crippen molar-refractivity contribution in [3.8, 4) is 0 Å². The fourth-order valence-electron chi connectivity index (χ4n) is 1.82. The van der Waals surface area contributed by atoms with E-state index in [0.29, 0.717) is 25.5 Å². The number of carboxylic acids is 1. The van der Waals surface area contributed by atoms with Crippen molar-refractivity contribution in [2.45, 2.75) is 32.5 Å². The van der Waals surface area contributed by atoms with Crippen LogP contribution in [0.4, 0.5) is 4.79 Å². The summed E-state index contributed by atoms with van der Waals surface area (Å²) in [5.41, 5.74) is -1.25. The third-order valence-corrected chi connectivity index (χ3v) is 3.56. The molecule has 8 heteroatoms. The number of amides is 2. The van der Waals surface area contributed by atoms with E-state index in [4.69, 9.17) is 5.11 Å². The SMILES string of the molecule is CN(C(=O)N1CCn2cnnc2C1)C(C)(C)C(=O)O. The molecule has 0 unspecified atom stereocenters. The molecule has 0 aromatic carbocycles. The summed E-state index contributed by atoms with van der Waals surface area (Å²) in [6.45, 7) is 4.48. The number of carboxylic acid groups (broad SMARTS) is 1. The molecule has 104 valence electrons. The van der Waals surface area contributed by atoms with Gasteiger partial charge >= 0.3 is 12.0 Å². The number of urea groups is 1. The average molecular weight is 267 g/mol. The lowest BCUT2D eigenvalue weighted by molar-refractivity contribution is -0.147. The van der Waals surface area contributed by atoms with E-state index in [-0.39, 0.29) is 6.03 Å². The van der Waals surface area contributed by atoms with Crippen LogP contribution in [0.3, 0.4) is 0 Å². The number of rotatable bonds is 2. The highest BCUT2D eigenvalue weighted by Crippen LogP contribution is 2.17. The number of aliphatic carboxylic acids is 1. The molecule has 8 nitrogen and oxygen atoms in total. The third kappa shape index (κ3) is 2.25. The largest absolute Gasteiger partial charge is 0.480 e. The van der Waals surface area contributed by atoms with E-state index in [9.17, 15) is 9.59 Å². The van der Waals surface area contributed by atoms with Gasteiger partial charge in [0.2, 0.25) is 0 Å². The number of fused-ring (bicyclic) bond motifs is 1. The second kappa shape index (κ2) is 4.52. The summed E-state index contributed by atoms with van der Waals surface area (Å²) in [7, 11) is 1.50. The zero-order valence-corrected chi connectivity index (χ0v) is 11.2. The summed E-state index contributed by atoms with van der Waals surface area (Å²) in [5, 5.41) is 16.9. The van der Waals surface area contributed by atoms with Crippen LogP contribution in [-0.2, 0) is 17.9 Å². The van der Waals surface area contributed by atoms with Crippen molar-refractivity contribution in [1.82, 2.24) is 24.6 Å². The van der Waals surface area contributed by atoms with E-state index in [2.05, 4.69) is 10.2 Å². The lowest BCUT2D eigenvalue weighted by Gasteiger charge is -2.37. The van der Waals surface area contributed by atoms with Crippen molar-refractivity contribution in [2.75, 3.05) is 13.6 Å². The summed E-state index contributed by atoms with van der Waals surface area (Å²) in [6, 6.07) is -0.318. The van der Waals surface area contributed by atoms with Crippen molar-refractivity contribution in [3.63, 3.8) is 0 Å². The van der Waals surface area contributed by atoms with Crippen LogP contribution in [0.25, 0.3) is 0 Å². The normalized spacial score (nSPS) is 15.0. The summed E-state index contributed by atoms with van der Waals surface area (Å²) >= 11 is 0. The number of nitrogens with zero attached hydrogens (tertiary/aromatic N) is 5. The molecule has 0 saturated carbocycles. The molecule has 0 bridgehead atoms. The van der Waals surface area contributed by atoms with Gasteiger partial charge in [-0.05, 0) is 13.8 Å². The molecule has 0 atom stereocenters. The van der Waals surface area contributed by atoms with E-state index in [1.165, 1.54) is 25.8 Å². The Hall–Kier alpha value is -2.12. The summed E-state index contributed by atoms with van der Waals surface area (Å²) in [4.78, 5) is 26.3. The maximum absolute atomic E-state index is 12.3. The number of likely N-dealkylation sites (N-methyl/N-ethyl adjacent to an activating group) is 1. The van der Waals surface area contributed by atoms with Crippen LogP contribution >= 0.6 is 0 Å². The predicted molar refractivity (Wildman–Crippen MR) is 65.3 cm³/mol. The maximum atomic E-state index is 12.3. The van der Waals surface area contributed by atoms with Crippen molar-refractivity contribution in [3.05, 3.63) is 12.2 Å². The van der Waals surface area contributed by atoms with E-state index in [1.807, 2.05) is 4.57 Å². The lowest BCUT2D eigenvalue weighted by atomic mass is 10.0. The van der Waals surface area contributed by atoms with E-state index < -0.39 is 11.5 Å². The van der Waals surface area contributed by atoms with Gasteiger partial charge in [0.1, 0.15) is 11.9 Å². The van der Waals surface area contributed by atoms with Gasteiger partial charge in [-0.2, -0.15) is 0 Å². The first-order chi connectivity index (χ1) is 8.84. The predicted octanol–water partition coefficient (Wildman–Crippen LogP) is 0.00870. The Morgan fingerprint density at radius 3 is 2.74 bits per heavy atom. The molecule has 0 fully saturated rings. The van der Waals surface area contributed by atoms with Gasteiger partial charge in [-0.1, -0.05) is 0 Å². The minimum absolute atomic E-state index is 0.318. The van der Waals surface area contributed by atoms with Gasteiger partial charge < -0.3 is 19.5 Å². The molecule has 1 aliphatic heterocycles. The van der Waals surface area contributed by atoms with Gasteiger partial charge in [-0.25, -0.2) is 9.59 Å². The summed E-state index contributed by atoms with van der Waals surface area (Å²) in [6.07, 6.45) is 1.63. The number of hydrogen-bond donors (Lipinski definition) is 1. The van der Waals surface area contributed by atoms with Crippen molar-refractivity contribution < 1.29 is 14.7 Å². The lowest BCUT2D eigenvalue weighted by Crippen LogP contribution is -2.56. The van der Waals surface area contributed by atoms with E-state index in [1.54, 1.807) is 11.2 Å². The number of aromatic nitrogens is 3. The summed E-state index contributed by atoms with van der Waals surface area (Å²) in [5.74, 6) is -0.329. The summed E-state index contributed by atoms with van der Waals surface area (Å²) < 4.78 is 1.88. The third-order valence-electron chi connectivity index (χ3n) is 3.56. The van der Waals surface area contributed by atoms with Gasteiger partial charge in [0.25, 0.3) is 0 Å². The number of hydrogen-bond acceptors (Lipinski definition) is 4. The highest BCUT2D eigenvalue weighted by molar-refractivity contribution is 5.85. The minimum Gasteiger partial charge on any atom is -0.480 e. The number of carbonyl (C=O) groups excluding carboxylic acids is 1. The fraction of sp³-hybridized carbons (Fsp3) is 0.636. The average Bonchev–Trinajstić information content (AvgIpc) is 2.83. The van der Waals surface area contributed by atoms with Gasteiger partial charge in [0.05, 0.1) is 6.54 Å². The van der Waals surface area contributed by atoms with Gasteiger partial charge in [-0.15, -0.1) is 10.2 Å². The van der Waals surface area contributed by atoms with Gasteiger partial charge in [0, 0.05) is 20.1 Å². The zero-order chi connectivity index (χ0) is 14.2. The van der Waals surface area contributed by atoms with E-state index in [0.717, 1.165) is 0 Å². The molecule has 0 spiro atoms. The highest BCUT2D eigenvalue weighted by Gasteiger charge is 2.38. The van der Waals surface area contributed by atoms with Gasteiger partial charge in [0.15, 0.2) is 5.82 Å². The van der Waals surface area contributed by atoms with E-state index >= 15 is 0 Å². The molecule has 0 aliphatic carbocycles. The van der Waals surface area contributed by atoms with Crippen LogP contribution in [0.5, 0.6) is 0 Å². The van der Waals surface area contributed by atoms with Crippen LogP contribution in [-0.4, -0.2) is 60.8 Å². The molecular formula is C11H17N5O3. The Kier molecular flexibility index (Phi) is 3.17. The Labute approximate surface area is 110 Å². The molecule has 19 heavy (non-hydrogen) atoms. The molecule has 1 aliphatic rings. The van der Waals surface area contributed by atoms with Gasteiger partial charge in [-0.3, -0.25) is 0 Å². The molecule has 2 rings (SSSR count). The van der Waals surface area contributed by atoms with Crippen LogP contribution < -0.4 is 0 Å². The zero-order valence-electron chi connectivity index (χ0n) is 11.2. The minimum atomic E-state index is -1.25.